The molecule has 4 heterocycles. The standard InChI is InChI=1S/C27H26FN7O2/c1-3-4-5-9-21-32-25(29)24-27(33-21)35(19-10-12-22(36)30-15-19,20-11-13-23(37-2)31-16-20)26(34-24)17-7-6-8-18(28)14-17/h6-8,10-16H,3-5,9H2,1-2H3,(H2-,29,30,32,33,36)/p+1. The number of amidine groups is 1. The van der Waals surface area contributed by atoms with Gasteiger partial charge in [0.15, 0.2) is 22.9 Å². The largest absolute Gasteiger partial charge is 0.481 e. The normalized spacial score (nSPS) is 16.4. The topological polar surface area (TPSA) is 119 Å². The number of nitrogen functional groups attached to an aromatic ring is 1. The van der Waals surface area contributed by atoms with E-state index in [2.05, 4.69) is 21.9 Å². The SMILES string of the molecule is CCCCCc1nc(N)c2c(n1)[N+](c1ccc(OC)nc1)(c1ccc(=O)[nH]c1)C(c1cccc(F)c1)=N2. The fourth-order valence-electron chi connectivity index (χ4n) is 4.60. The first-order valence-electron chi connectivity index (χ1n) is 12.1. The molecule has 0 saturated heterocycles. The van der Waals surface area contributed by atoms with Crippen LogP contribution in [0.4, 0.5) is 33.1 Å². The van der Waals surface area contributed by atoms with Crippen molar-refractivity contribution in [3.8, 4) is 5.88 Å². The molecule has 37 heavy (non-hydrogen) atoms. The summed E-state index contributed by atoms with van der Waals surface area (Å²) >= 11 is 0. The Kier molecular flexibility index (Phi) is 6.49. The van der Waals surface area contributed by atoms with Crippen molar-refractivity contribution in [3.05, 3.63) is 88.5 Å². The molecule has 0 spiro atoms. The number of quaternary nitrogens is 1. The Bertz CT molecular complexity index is 1510. The van der Waals surface area contributed by atoms with Crippen LogP contribution in [-0.4, -0.2) is 32.9 Å². The molecule has 0 bridgehead atoms. The first-order valence-corrected chi connectivity index (χ1v) is 12.1. The van der Waals surface area contributed by atoms with Gasteiger partial charge in [-0.3, -0.25) is 4.79 Å². The molecule has 10 heteroatoms. The number of H-pyrrole nitrogens is 1. The predicted molar refractivity (Wildman–Crippen MR) is 141 cm³/mol. The highest BCUT2D eigenvalue weighted by Gasteiger charge is 2.52. The van der Waals surface area contributed by atoms with E-state index in [0.717, 1.165) is 19.3 Å². The Balaban J connectivity index is 1.85. The lowest BCUT2D eigenvalue weighted by Crippen LogP contribution is -2.44. The summed E-state index contributed by atoms with van der Waals surface area (Å²) in [4.78, 5) is 33.6. The van der Waals surface area contributed by atoms with Gasteiger partial charge in [-0.2, -0.15) is 14.5 Å². The van der Waals surface area contributed by atoms with Gasteiger partial charge in [-0.15, -0.1) is 0 Å². The molecular formula is C27H27FN7O2+. The average molecular weight is 501 g/mol. The van der Waals surface area contributed by atoms with E-state index < -0.39 is 5.82 Å². The number of fused-ring (bicyclic) bond motifs is 1. The molecule has 1 aliphatic heterocycles. The summed E-state index contributed by atoms with van der Waals surface area (Å²) in [6, 6.07) is 12.9. The van der Waals surface area contributed by atoms with Gasteiger partial charge in [-0.25, -0.2) is 14.4 Å². The van der Waals surface area contributed by atoms with Crippen molar-refractivity contribution in [3.63, 3.8) is 0 Å². The van der Waals surface area contributed by atoms with Crippen LogP contribution >= 0.6 is 0 Å². The van der Waals surface area contributed by atoms with Crippen LogP contribution in [0, 0.1) is 5.82 Å². The average Bonchev–Trinajstić information content (AvgIpc) is 3.26. The van der Waals surface area contributed by atoms with E-state index >= 15 is 0 Å². The molecule has 1 aromatic carbocycles. The predicted octanol–water partition coefficient (Wildman–Crippen LogP) is 5.09. The number of methoxy groups -OCH3 is 1. The molecule has 0 saturated carbocycles. The minimum Gasteiger partial charge on any atom is -0.481 e. The summed E-state index contributed by atoms with van der Waals surface area (Å²) in [6.45, 7) is 2.13. The molecule has 1 atom stereocenters. The molecule has 1 aliphatic rings. The zero-order valence-electron chi connectivity index (χ0n) is 20.6. The van der Waals surface area contributed by atoms with Gasteiger partial charge in [0.25, 0.3) is 11.7 Å². The van der Waals surface area contributed by atoms with Gasteiger partial charge in [-0.05, 0) is 24.6 Å². The first-order chi connectivity index (χ1) is 18.0. The number of hydrogen-bond acceptors (Lipinski definition) is 7. The fraction of sp³-hybridized carbons (Fsp3) is 0.222. The number of aryl methyl sites for hydroxylation is 1. The van der Waals surface area contributed by atoms with Crippen molar-refractivity contribution in [1.29, 1.82) is 0 Å². The smallest absolute Gasteiger partial charge is 0.276 e. The quantitative estimate of drug-likeness (QED) is 0.257. The van der Waals surface area contributed by atoms with E-state index in [9.17, 15) is 9.18 Å². The number of halogens is 1. The molecule has 0 amide bonds. The number of pyridine rings is 2. The number of anilines is 1. The number of aromatic nitrogens is 4. The third-order valence-corrected chi connectivity index (χ3v) is 6.35. The van der Waals surface area contributed by atoms with Crippen LogP contribution < -0.4 is 20.5 Å². The Morgan fingerprint density at radius 2 is 1.92 bits per heavy atom. The molecule has 0 aliphatic carbocycles. The van der Waals surface area contributed by atoms with Crippen molar-refractivity contribution >= 4 is 34.5 Å². The molecule has 3 aromatic heterocycles. The lowest BCUT2D eigenvalue weighted by atomic mass is 10.1. The Morgan fingerprint density at radius 1 is 1.08 bits per heavy atom. The van der Waals surface area contributed by atoms with Crippen molar-refractivity contribution < 1.29 is 9.13 Å². The van der Waals surface area contributed by atoms with E-state index in [4.69, 9.17) is 20.4 Å². The number of benzene rings is 1. The molecule has 1 unspecified atom stereocenters. The molecule has 4 aromatic rings. The number of aliphatic imine (C=N–C) groups is 1. The van der Waals surface area contributed by atoms with E-state index in [0.29, 0.717) is 52.4 Å². The van der Waals surface area contributed by atoms with Gasteiger partial charge in [0.2, 0.25) is 11.4 Å². The number of rotatable bonds is 8. The molecular weight excluding hydrogens is 473 g/mol. The second kappa shape index (κ2) is 9.90. The number of nitrogens with zero attached hydrogens (tertiary/aromatic N) is 5. The third kappa shape index (κ3) is 4.25. The van der Waals surface area contributed by atoms with E-state index in [-0.39, 0.29) is 15.9 Å². The second-order valence-electron chi connectivity index (χ2n) is 8.74. The molecule has 0 radical (unpaired) electrons. The zero-order chi connectivity index (χ0) is 26.0. The van der Waals surface area contributed by atoms with E-state index in [1.54, 1.807) is 36.7 Å². The summed E-state index contributed by atoms with van der Waals surface area (Å²) in [5.74, 6) is 1.78. The van der Waals surface area contributed by atoms with Crippen LogP contribution in [0.2, 0.25) is 0 Å². The summed E-state index contributed by atoms with van der Waals surface area (Å²) < 4.78 is 19.6. The van der Waals surface area contributed by atoms with Gasteiger partial charge >= 0.3 is 0 Å². The minimum absolute atomic E-state index is 0.180. The second-order valence-corrected chi connectivity index (χ2v) is 8.74. The van der Waals surface area contributed by atoms with Crippen molar-refractivity contribution in [2.45, 2.75) is 32.6 Å². The van der Waals surface area contributed by atoms with Crippen LogP contribution in [0.1, 0.15) is 37.6 Å². The summed E-state index contributed by atoms with van der Waals surface area (Å²) in [6.07, 6.45) is 6.91. The highest BCUT2D eigenvalue weighted by Crippen LogP contribution is 2.54. The molecule has 3 N–H and O–H groups in total. The van der Waals surface area contributed by atoms with Gasteiger partial charge in [0, 0.05) is 30.7 Å². The van der Waals surface area contributed by atoms with Crippen LogP contribution in [0.5, 0.6) is 5.88 Å². The van der Waals surface area contributed by atoms with Gasteiger partial charge in [0.1, 0.15) is 11.6 Å². The summed E-state index contributed by atoms with van der Waals surface area (Å²) in [5.41, 5.74) is 8.37. The molecule has 188 valence electrons. The Morgan fingerprint density at radius 3 is 2.59 bits per heavy atom. The Hall–Kier alpha value is -4.44. The lowest BCUT2D eigenvalue weighted by Gasteiger charge is -2.32. The maximum atomic E-state index is 14.5. The highest BCUT2D eigenvalue weighted by molar-refractivity contribution is 6.19. The zero-order valence-corrected chi connectivity index (χ0v) is 20.6. The van der Waals surface area contributed by atoms with Gasteiger partial charge < -0.3 is 15.5 Å². The van der Waals surface area contributed by atoms with Gasteiger partial charge in [0.05, 0.1) is 25.1 Å². The van der Waals surface area contributed by atoms with E-state index in [1.165, 1.54) is 25.3 Å². The van der Waals surface area contributed by atoms with Crippen LogP contribution in [0.25, 0.3) is 0 Å². The monoisotopic (exact) mass is 500 g/mol. The molecule has 0 fully saturated rings. The van der Waals surface area contributed by atoms with Crippen molar-refractivity contribution in [2.24, 2.45) is 4.99 Å². The van der Waals surface area contributed by atoms with Crippen molar-refractivity contribution in [2.75, 3.05) is 12.8 Å². The molecule has 5 rings (SSSR count). The number of nitrogens with two attached hydrogens (primary N) is 1. The lowest BCUT2D eigenvalue weighted by molar-refractivity contribution is 0.397. The molecule has 9 nitrogen and oxygen atoms in total. The highest BCUT2D eigenvalue weighted by atomic mass is 19.1. The van der Waals surface area contributed by atoms with Crippen molar-refractivity contribution in [1.82, 2.24) is 24.4 Å². The number of ether oxygens (including phenoxy) is 1. The first kappa shape index (κ1) is 24.3. The number of hydrogen-bond donors (Lipinski definition) is 2. The van der Waals surface area contributed by atoms with Crippen LogP contribution in [0.15, 0.2) is 70.7 Å². The fourth-order valence-corrected chi connectivity index (χ4v) is 4.60. The van der Waals surface area contributed by atoms with Gasteiger partial charge in [-0.1, -0.05) is 25.8 Å². The maximum absolute atomic E-state index is 14.5. The summed E-state index contributed by atoms with van der Waals surface area (Å²) in [5, 5.41) is 0. The van der Waals surface area contributed by atoms with Crippen LogP contribution in [0.3, 0.4) is 0 Å². The third-order valence-electron chi connectivity index (χ3n) is 6.35. The number of nitrogens with one attached hydrogen (secondary N) is 1. The maximum Gasteiger partial charge on any atom is 0.276 e. The van der Waals surface area contributed by atoms with Crippen LogP contribution in [-0.2, 0) is 6.42 Å². The number of unbranched alkanes of at least 4 members (excludes halogenated alkanes) is 2. The van der Waals surface area contributed by atoms with E-state index in [1.807, 2.05) is 6.07 Å². The summed E-state index contributed by atoms with van der Waals surface area (Å²) in [7, 11) is 1.54. The Labute approximate surface area is 213 Å². The minimum atomic E-state index is -0.414. The number of aromatic amines is 1.